The summed E-state index contributed by atoms with van der Waals surface area (Å²) < 4.78 is 5.42. The fraction of sp³-hybridized carbons (Fsp3) is 0.433. The van der Waals surface area contributed by atoms with Crippen LogP contribution in [0.25, 0.3) is 0 Å². The van der Waals surface area contributed by atoms with Crippen LogP contribution in [0.5, 0.6) is 0 Å². The van der Waals surface area contributed by atoms with E-state index in [0.717, 1.165) is 5.56 Å². The molecule has 0 aliphatic carbocycles. The molecule has 0 spiro atoms. The first kappa shape index (κ1) is 29.4. The predicted octanol–water partition coefficient (Wildman–Crippen LogP) is 5.44. The van der Waals surface area contributed by atoms with E-state index in [4.69, 9.17) is 11.2 Å². The van der Waals surface area contributed by atoms with E-state index in [9.17, 15) is 14.4 Å². The standard InChI is InChI=1S/C30H39N3O4/c1-9-20(4)25(32-29(36)37-30(6,7)8)28(35)33(11-3)26(23-18-16-22(10-2)17-19-23)27(34)31-24-15-13-12-14-21(24)5/h2,12-20,25-26H,9,11H2,1,3-8H3,(H,31,34)(H,32,36). The maximum absolute atomic E-state index is 14.0. The van der Waals surface area contributed by atoms with E-state index in [1.54, 1.807) is 45.0 Å². The van der Waals surface area contributed by atoms with Crippen LogP contribution in [0, 0.1) is 25.2 Å². The highest BCUT2D eigenvalue weighted by Gasteiger charge is 2.37. The molecule has 0 saturated carbocycles. The summed E-state index contributed by atoms with van der Waals surface area (Å²) in [5, 5.41) is 5.73. The molecule has 2 aromatic carbocycles. The maximum atomic E-state index is 14.0. The van der Waals surface area contributed by atoms with Crippen LogP contribution in [0.15, 0.2) is 48.5 Å². The third-order valence-corrected chi connectivity index (χ3v) is 6.13. The number of amides is 3. The minimum Gasteiger partial charge on any atom is -0.444 e. The van der Waals surface area contributed by atoms with Crippen LogP contribution in [0.4, 0.5) is 10.5 Å². The molecule has 0 bridgehead atoms. The lowest BCUT2D eigenvalue weighted by atomic mass is 9.95. The lowest BCUT2D eigenvalue weighted by Gasteiger charge is -2.35. The molecule has 37 heavy (non-hydrogen) atoms. The Morgan fingerprint density at radius 3 is 2.19 bits per heavy atom. The summed E-state index contributed by atoms with van der Waals surface area (Å²) in [6, 6.07) is 12.6. The minimum absolute atomic E-state index is 0.196. The Kier molecular flexibility index (Phi) is 10.3. The van der Waals surface area contributed by atoms with Gasteiger partial charge in [0.25, 0.3) is 5.91 Å². The van der Waals surface area contributed by atoms with E-state index < -0.39 is 23.8 Å². The Morgan fingerprint density at radius 2 is 1.68 bits per heavy atom. The molecule has 2 N–H and O–H groups in total. The summed E-state index contributed by atoms with van der Waals surface area (Å²) in [6.07, 6.45) is 5.48. The molecule has 0 aliphatic rings. The van der Waals surface area contributed by atoms with Gasteiger partial charge in [-0.15, -0.1) is 6.42 Å². The van der Waals surface area contributed by atoms with Gasteiger partial charge in [0.1, 0.15) is 17.7 Å². The quantitative estimate of drug-likeness (QED) is 0.444. The summed E-state index contributed by atoms with van der Waals surface area (Å²) in [5.74, 6) is 1.65. The number of likely N-dealkylation sites (N-methyl/N-ethyl adjacent to an activating group) is 1. The van der Waals surface area contributed by atoms with Crippen LogP contribution < -0.4 is 10.6 Å². The number of nitrogens with zero attached hydrogens (tertiary/aromatic N) is 1. The summed E-state index contributed by atoms with van der Waals surface area (Å²) in [7, 11) is 0. The van der Waals surface area contributed by atoms with Gasteiger partial charge in [0, 0.05) is 17.8 Å². The molecule has 0 fully saturated rings. The normalized spacial score (nSPS) is 13.5. The van der Waals surface area contributed by atoms with Crippen LogP contribution in [0.2, 0.25) is 0 Å². The Bertz CT molecular complexity index is 1130. The first-order valence-corrected chi connectivity index (χ1v) is 12.6. The average Bonchev–Trinajstić information content (AvgIpc) is 2.85. The van der Waals surface area contributed by atoms with Crippen molar-refractivity contribution in [2.24, 2.45) is 5.92 Å². The molecule has 2 rings (SSSR count). The number of rotatable bonds is 9. The minimum atomic E-state index is -0.948. The van der Waals surface area contributed by atoms with Crippen molar-refractivity contribution in [3.63, 3.8) is 0 Å². The third-order valence-electron chi connectivity index (χ3n) is 6.13. The van der Waals surface area contributed by atoms with E-state index in [-0.39, 0.29) is 24.3 Å². The average molecular weight is 506 g/mol. The topological polar surface area (TPSA) is 87.7 Å². The molecule has 7 nitrogen and oxygen atoms in total. The van der Waals surface area contributed by atoms with E-state index in [1.165, 1.54) is 4.90 Å². The molecule has 2 aromatic rings. The number of alkyl carbamates (subject to hydrolysis) is 1. The fourth-order valence-electron chi connectivity index (χ4n) is 3.91. The van der Waals surface area contributed by atoms with Crippen LogP contribution in [0.1, 0.15) is 70.7 Å². The van der Waals surface area contributed by atoms with Crippen molar-refractivity contribution >= 4 is 23.6 Å². The summed E-state index contributed by atoms with van der Waals surface area (Å²) in [6.45, 7) is 13.1. The number of carbonyl (C=O) groups excluding carboxylic acids is 3. The van der Waals surface area contributed by atoms with Gasteiger partial charge in [-0.3, -0.25) is 9.59 Å². The molecule has 0 radical (unpaired) electrons. The smallest absolute Gasteiger partial charge is 0.408 e. The van der Waals surface area contributed by atoms with Gasteiger partial charge in [0.05, 0.1) is 0 Å². The number of nitrogens with one attached hydrogen (secondary N) is 2. The van der Waals surface area contributed by atoms with Crippen molar-refractivity contribution in [3.05, 3.63) is 65.2 Å². The summed E-state index contributed by atoms with van der Waals surface area (Å²) in [4.78, 5) is 41.8. The number of hydrogen-bond acceptors (Lipinski definition) is 4. The lowest BCUT2D eigenvalue weighted by molar-refractivity contribution is -0.141. The molecule has 0 heterocycles. The summed E-state index contributed by atoms with van der Waals surface area (Å²) in [5.41, 5.74) is 2.12. The van der Waals surface area contributed by atoms with E-state index in [1.807, 2.05) is 52.0 Å². The number of anilines is 1. The second-order valence-corrected chi connectivity index (χ2v) is 10.1. The zero-order valence-electron chi connectivity index (χ0n) is 22.9. The van der Waals surface area contributed by atoms with Crippen LogP contribution in [-0.2, 0) is 14.3 Å². The number of hydrogen-bond donors (Lipinski definition) is 2. The summed E-state index contributed by atoms with van der Waals surface area (Å²) >= 11 is 0. The molecule has 3 atom stereocenters. The first-order valence-electron chi connectivity index (χ1n) is 12.6. The lowest BCUT2D eigenvalue weighted by Crippen LogP contribution is -2.54. The molecule has 0 aliphatic heterocycles. The van der Waals surface area contributed by atoms with Crippen molar-refractivity contribution in [2.45, 2.75) is 72.6 Å². The highest BCUT2D eigenvalue weighted by atomic mass is 16.6. The number of terminal acetylenes is 1. The monoisotopic (exact) mass is 505 g/mol. The Balaban J connectivity index is 2.49. The van der Waals surface area contributed by atoms with Crippen LogP contribution >= 0.6 is 0 Å². The van der Waals surface area contributed by atoms with Crippen molar-refractivity contribution in [2.75, 3.05) is 11.9 Å². The first-order chi connectivity index (χ1) is 17.4. The van der Waals surface area contributed by atoms with Gasteiger partial charge in [-0.1, -0.05) is 56.5 Å². The van der Waals surface area contributed by atoms with Gasteiger partial charge in [-0.2, -0.15) is 0 Å². The molecule has 0 aromatic heterocycles. The highest BCUT2D eigenvalue weighted by Crippen LogP contribution is 2.27. The van der Waals surface area contributed by atoms with Crippen molar-refractivity contribution in [1.29, 1.82) is 0 Å². The SMILES string of the molecule is C#Cc1ccc(C(C(=O)Nc2ccccc2C)N(CC)C(=O)C(NC(=O)OC(C)(C)C)C(C)CC)cc1. The van der Waals surface area contributed by atoms with Crippen molar-refractivity contribution < 1.29 is 19.1 Å². The number of ether oxygens (including phenoxy) is 1. The maximum Gasteiger partial charge on any atom is 0.408 e. The second-order valence-electron chi connectivity index (χ2n) is 10.1. The van der Waals surface area contributed by atoms with Crippen molar-refractivity contribution in [1.82, 2.24) is 10.2 Å². The Morgan fingerprint density at radius 1 is 1.05 bits per heavy atom. The van der Waals surface area contributed by atoms with Gasteiger partial charge in [-0.25, -0.2) is 4.79 Å². The van der Waals surface area contributed by atoms with Gasteiger partial charge >= 0.3 is 6.09 Å². The van der Waals surface area contributed by atoms with Crippen LogP contribution in [-0.4, -0.2) is 41.0 Å². The molecule has 198 valence electrons. The fourth-order valence-corrected chi connectivity index (χ4v) is 3.91. The van der Waals surface area contributed by atoms with E-state index in [2.05, 4.69) is 16.6 Å². The molecule has 7 heteroatoms. The molecular formula is C30H39N3O4. The van der Waals surface area contributed by atoms with Gasteiger partial charge < -0.3 is 20.3 Å². The zero-order chi connectivity index (χ0) is 27.8. The number of benzene rings is 2. The Labute approximate surface area is 221 Å². The Hall–Kier alpha value is -3.79. The second kappa shape index (κ2) is 13.0. The number of aryl methyl sites for hydroxylation is 1. The zero-order valence-corrected chi connectivity index (χ0v) is 22.9. The van der Waals surface area contributed by atoms with Crippen molar-refractivity contribution in [3.8, 4) is 12.3 Å². The van der Waals surface area contributed by atoms with Crippen LogP contribution in [0.3, 0.4) is 0 Å². The van der Waals surface area contributed by atoms with Gasteiger partial charge in [0.15, 0.2) is 0 Å². The number of para-hydroxylation sites is 1. The van der Waals surface area contributed by atoms with E-state index >= 15 is 0 Å². The molecule has 0 saturated heterocycles. The number of carbonyl (C=O) groups is 3. The molecular weight excluding hydrogens is 466 g/mol. The molecule has 3 amide bonds. The highest BCUT2D eigenvalue weighted by molar-refractivity contribution is 5.99. The molecule has 3 unspecified atom stereocenters. The van der Waals surface area contributed by atoms with E-state index in [0.29, 0.717) is 23.2 Å². The predicted molar refractivity (Wildman–Crippen MR) is 147 cm³/mol. The largest absolute Gasteiger partial charge is 0.444 e. The van der Waals surface area contributed by atoms with Gasteiger partial charge in [-0.05, 0) is 69.9 Å². The third kappa shape index (κ3) is 8.11. The van der Waals surface area contributed by atoms with Gasteiger partial charge in [0.2, 0.25) is 5.91 Å².